The monoisotopic (exact) mass is 325 g/mol. The zero-order chi connectivity index (χ0) is 11.4. The number of nitrogens with one attached hydrogen (secondary N) is 1. The Labute approximate surface area is 108 Å². The number of hydrogen-bond donors (Lipinski definition) is 2. The van der Waals surface area contributed by atoms with Gasteiger partial charge in [0.15, 0.2) is 0 Å². The molecule has 0 aliphatic rings. The summed E-state index contributed by atoms with van der Waals surface area (Å²) in [5, 5.41) is 3.28. The van der Waals surface area contributed by atoms with E-state index in [1.54, 1.807) is 6.20 Å². The van der Waals surface area contributed by atoms with Crippen LogP contribution in [0, 0.1) is 3.57 Å². The van der Waals surface area contributed by atoms with Crippen LogP contribution < -0.4 is 11.1 Å². The minimum atomic E-state index is 0.538. The van der Waals surface area contributed by atoms with Crippen molar-refractivity contribution in [1.82, 2.24) is 4.98 Å². The molecule has 0 bridgehead atoms. The van der Waals surface area contributed by atoms with Crippen molar-refractivity contribution in [3.05, 3.63) is 51.7 Å². The molecule has 3 N–H and O–H groups in total. The van der Waals surface area contributed by atoms with E-state index in [0.717, 1.165) is 15.8 Å². The Bertz CT molecular complexity index is 471. The lowest BCUT2D eigenvalue weighted by atomic mass is 10.2. The fourth-order valence-electron chi connectivity index (χ4n) is 1.38. The zero-order valence-electron chi connectivity index (χ0n) is 8.65. The standard InChI is InChI=1S/C12H12IN3/c13-10-6-11(12(14)16-8-10)15-7-9-4-2-1-3-5-9/h1-6,8,15H,7H2,(H2,14,16). The van der Waals surface area contributed by atoms with Gasteiger partial charge in [0.25, 0.3) is 0 Å². The van der Waals surface area contributed by atoms with Gasteiger partial charge >= 0.3 is 0 Å². The molecule has 0 aliphatic carbocycles. The van der Waals surface area contributed by atoms with Crippen molar-refractivity contribution >= 4 is 34.1 Å². The minimum Gasteiger partial charge on any atom is -0.382 e. The molecule has 0 amide bonds. The number of hydrogen-bond acceptors (Lipinski definition) is 3. The second-order valence-corrected chi connectivity index (χ2v) is 4.67. The van der Waals surface area contributed by atoms with Crippen molar-refractivity contribution in [2.24, 2.45) is 0 Å². The molecule has 1 aromatic heterocycles. The first kappa shape index (κ1) is 11.2. The van der Waals surface area contributed by atoms with Gasteiger partial charge in [-0.1, -0.05) is 30.3 Å². The SMILES string of the molecule is Nc1ncc(I)cc1NCc1ccccc1. The Balaban J connectivity index is 2.08. The van der Waals surface area contributed by atoms with E-state index in [1.165, 1.54) is 5.56 Å². The third-order valence-corrected chi connectivity index (χ3v) is 2.80. The molecule has 82 valence electrons. The molecule has 0 atom stereocenters. The number of pyridine rings is 1. The molecule has 2 aromatic rings. The number of rotatable bonds is 3. The number of anilines is 2. The van der Waals surface area contributed by atoms with Crippen LogP contribution in [0.3, 0.4) is 0 Å². The van der Waals surface area contributed by atoms with Crippen molar-refractivity contribution in [2.75, 3.05) is 11.1 Å². The third kappa shape index (κ3) is 2.85. The Morgan fingerprint density at radius 1 is 1.25 bits per heavy atom. The number of halogens is 1. The van der Waals surface area contributed by atoms with Gasteiger partial charge in [-0.05, 0) is 34.2 Å². The second kappa shape index (κ2) is 5.16. The van der Waals surface area contributed by atoms with E-state index in [4.69, 9.17) is 5.73 Å². The topological polar surface area (TPSA) is 50.9 Å². The van der Waals surface area contributed by atoms with Crippen LogP contribution in [-0.2, 0) is 6.54 Å². The van der Waals surface area contributed by atoms with E-state index in [2.05, 4.69) is 45.0 Å². The fraction of sp³-hybridized carbons (Fsp3) is 0.0833. The second-order valence-electron chi connectivity index (χ2n) is 3.43. The summed E-state index contributed by atoms with van der Waals surface area (Å²) in [6.45, 7) is 0.757. The molecule has 1 aromatic carbocycles. The van der Waals surface area contributed by atoms with Crippen molar-refractivity contribution < 1.29 is 0 Å². The van der Waals surface area contributed by atoms with Crippen LogP contribution >= 0.6 is 22.6 Å². The Morgan fingerprint density at radius 3 is 2.75 bits per heavy atom. The van der Waals surface area contributed by atoms with Gasteiger partial charge in [0, 0.05) is 16.3 Å². The summed E-state index contributed by atoms with van der Waals surface area (Å²) in [5.74, 6) is 0.538. The van der Waals surface area contributed by atoms with Gasteiger partial charge in [0.2, 0.25) is 0 Å². The van der Waals surface area contributed by atoms with Gasteiger partial charge in [0.05, 0.1) is 5.69 Å². The predicted octanol–water partition coefficient (Wildman–Crippen LogP) is 2.88. The number of nitrogen functional groups attached to an aromatic ring is 1. The smallest absolute Gasteiger partial charge is 0.146 e. The highest BCUT2D eigenvalue weighted by molar-refractivity contribution is 14.1. The maximum atomic E-state index is 5.78. The fourth-order valence-corrected chi connectivity index (χ4v) is 1.84. The summed E-state index contributed by atoms with van der Waals surface area (Å²) in [6.07, 6.45) is 1.75. The number of nitrogens with zero attached hydrogens (tertiary/aromatic N) is 1. The lowest BCUT2D eigenvalue weighted by Gasteiger charge is -2.08. The van der Waals surface area contributed by atoms with E-state index in [1.807, 2.05) is 24.3 Å². The van der Waals surface area contributed by atoms with E-state index in [-0.39, 0.29) is 0 Å². The molecule has 1 heterocycles. The Morgan fingerprint density at radius 2 is 2.00 bits per heavy atom. The van der Waals surface area contributed by atoms with E-state index >= 15 is 0 Å². The van der Waals surface area contributed by atoms with Crippen LogP contribution in [0.2, 0.25) is 0 Å². The van der Waals surface area contributed by atoms with Crippen molar-refractivity contribution in [3.63, 3.8) is 0 Å². The van der Waals surface area contributed by atoms with Crippen LogP contribution in [0.25, 0.3) is 0 Å². The average molecular weight is 325 g/mol. The highest BCUT2D eigenvalue weighted by Crippen LogP contribution is 2.18. The molecule has 4 heteroatoms. The van der Waals surface area contributed by atoms with Crippen molar-refractivity contribution in [3.8, 4) is 0 Å². The molecule has 0 saturated carbocycles. The van der Waals surface area contributed by atoms with Crippen molar-refractivity contribution in [1.29, 1.82) is 0 Å². The molecule has 3 nitrogen and oxygen atoms in total. The van der Waals surface area contributed by atoms with Crippen LogP contribution in [-0.4, -0.2) is 4.98 Å². The molecule has 2 rings (SSSR count). The zero-order valence-corrected chi connectivity index (χ0v) is 10.8. The summed E-state index contributed by atoms with van der Waals surface area (Å²) in [7, 11) is 0. The molecule has 0 aliphatic heterocycles. The maximum Gasteiger partial charge on any atom is 0.146 e. The average Bonchev–Trinajstić information content (AvgIpc) is 2.32. The Hall–Kier alpha value is -1.30. The van der Waals surface area contributed by atoms with Crippen LogP contribution in [0.5, 0.6) is 0 Å². The largest absolute Gasteiger partial charge is 0.382 e. The van der Waals surface area contributed by atoms with Gasteiger partial charge in [0.1, 0.15) is 5.82 Å². The maximum absolute atomic E-state index is 5.78. The first-order chi connectivity index (χ1) is 7.75. The third-order valence-electron chi connectivity index (χ3n) is 2.21. The van der Waals surface area contributed by atoms with Crippen LogP contribution in [0.1, 0.15) is 5.56 Å². The molecular formula is C12H12IN3. The van der Waals surface area contributed by atoms with Gasteiger partial charge in [-0.2, -0.15) is 0 Å². The molecule has 16 heavy (non-hydrogen) atoms. The number of aromatic nitrogens is 1. The summed E-state index contributed by atoms with van der Waals surface area (Å²) < 4.78 is 1.07. The van der Waals surface area contributed by atoms with Crippen LogP contribution in [0.4, 0.5) is 11.5 Å². The Kier molecular flexibility index (Phi) is 3.61. The normalized spacial score (nSPS) is 10.1. The van der Waals surface area contributed by atoms with Crippen molar-refractivity contribution in [2.45, 2.75) is 6.54 Å². The molecule has 0 saturated heterocycles. The molecule has 0 radical (unpaired) electrons. The molecular weight excluding hydrogens is 313 g/mol. The van der Waals surface area contributed by atoms with E-state index in [0.29, 0.717) is 5.82 Å². The first-order valence-electron chi connectivity index (χ1n) is 4.94. The lowest BCUT2D eigenvalue weighted by Crippen LogP contribution is -2.04. The van der Waals surface area contributed by atoms with Crippen LogP contribution in [0.15, 0.2) is 42.6 Å². The van der Waals surface area contributed by atoms with E-state index < -0.39 is 0 Å². The summed E-state index contributed by atoms with van der Waals surface area (Å²) in [5.41, 5.74) is 7.88. The van der Waals surface area contributed by atoms with Gasteiger partial charge < -0.3 is 11.1 Å². The molecule has 0 fully saturated rings. The minimum absolute atomic E-state index is 0.538. The molecule has 0 unspecified atom stereocenters. The highest BCUT2D eigenvalue weighted by Gasteiger charge is 2.00. The van der Waals surface area contributed by atoms with E-state index in [9.17, 15) is 0 Å². The first-order valence-corrected chi connectivity index (χ1v) is 6.02. The predicted molar refractivity (Wildman–Crippen MR) is 75.1 cm³/mol. The van der Waals surface area contributed by atoms with Gasteiger partial charge in [-0.15, -0.1) is 0 Å². The number of benzene rings is 1. The molecule has 0 spiro atoms. The summed E-state index contributed by atoms with van der Waals surface area (Å²) in [4.78, 5) is 4.10. The number of nitrogens with two attached hydrogens (primary N) is 1. The highest BCUT2D eigenvalue weighted by atomic mass is 127. The summed E-state index contributed by atoms with van der Waals surface area (Å²) in [6, 6.07) is 12.2. The van der Waals surface area contributed by atoms with Gasteiger partial charge in [-0.3, -0.25) is 0 Å². The summed E-state index contributed by atoms with van der Waals surface area (Å²) >= 11 is 2.22. The van der Waals surface area contributed by atoms with Gasteiger partial charge in [-0.25, -0.2) is 4.98 Å². The lowest BCUT2D eigenvalue weighted by molar-refractivity contribution is 1.14. The quantitative estimate of drug-likeness (QED) is 0.853.